The Labute approximate surface area is 125 Å². The van der Waals surface area contributed by atoms with E-state index in [9.17, 15) is 8.42 Å². The number of hydrogen-bond donors (Lipinski definition) is 2. The Hall–Kier alpha value is -1.26. The number of rotatable bonds is 5. The number of aromatic nitrogens is 2. The Morgan fingerprint density at radius 2 is 2.25 bits per heavy atom. The van der Waals surface area contributed by atoms with Gasteiger partial charge < -0.3 is 5.43 Å². The van der Waals surface area contributed by atoms with Crippen molar-refractivity contribution in [1.29, 1.82) is 0 Å². The van der Waals surface area contributed by atoms with Gasteiger partial charge in [-0.05, 0) is 6.07 Å². The number of thiazole rings is 1. The highest BCUT2D eigenvalue weighted by molar-refractivity contribution is 7.89. The fourth-order valence-electron chi connectivity index (χ4n) is 1.48. The zero-order valence-corrected chi connectivity index (χ0v) is 12.8. The number of hydrazine groups is 1. The summed E-state index contributed by atoms with van der Waals surface area (Å²) in [7, 11) is -2.21. The van der Waals surface area contributed by atoms with E-state index in [0.29, 0.717) is 5.69 Å². The number of sulfonamides is 1. The first kappa shape index (κ1) is 15.1. The van der Waals surface area contributed by atoms with Gasteiger partial charge in [0.05, 0.1) is 22.8 Å². The van der Waals surface area contributed by atoms with E-state index in [1.54, 1.807) is 10.9 Å². The van der Waals surface area contributed by atoms with Gasteiger partial charge in [-0.2, -0.15) is 4.31 Å². The molecule has 0 spiro atoms. The van der Waals surface area contributed by atoms with Crippen LogP contribution in [0.15, 0.2) is 28.0 Å². The quantitative estimate of drug-likeness (QED) is 0.631. The maximum absolute atomic E-state index is 12.4. The summed E-state index contributed by atoms with van der Waals surface area (Å²) >= 11 is 7.29. The molecule has 0 aliphatic rings. The summed E-state index contributed by atoms with van der Waals surface area (Å²) in [4.78, 5) is 7.91. The molecule has 108 valence electrons. The Balaban J connectivity index is 2.27. The highest BCUT2D eigenvalue weighted by atomic mass is 35.5. The first-order valence-corrected chi connectivity index (χ1v) is 8.17. The zero-order valence-electron chi connectivity index (χ0n) is 10.4. The molecule has 0 atom stereocenters. The maximum Gasteiger partial charge on any atom is 0.244 e. The van der Waals surface area contributed by atoms with Crippen molar-refractivity contribution in [2.45, 2.75) is 11.4 Å². The monoisotopic (exact) mass is 333 g/mol. The molecule has 2 aromatic heterocycles. The molecule has 0 saturated heterocycles. The standard InChI is InChI=1S/C10H12ClN5O2S2/c1-16(4-7-5-19-6-14-7)20(17,18)8-2-9(11)10(15-12)13-3-8/h2-3,5-6H,4,12H2,1H3,(H,13,15). The molecule has 0 aliphatic heterocycles. The predicted octanol–water partition coefficient (Wildman–Crippen LogP) is 1.30. The molecule has 0 aliphatic carbocycles. The molecule has 0 aromatic carbocycles. The second kappa shape index (κ2) is 6.02. The van der Waals surface area contributed by atoms with Crippen LogP contribution in [-0.4, -0.2) is 29.7 Å². The molecule has 2 aromatic rings. The minimum atomic E-state index is -3.68. The van der Waals surface area contributed by atoms with Crippen molar-refractivity contribution in [2.24, 2.45) is 5.84 Å². The summed E-state index contributed by atoms with van der Waals surface area (Å²) in [5.41, 5.74) is 4.61. The van der Waals surface area contributed by atoms with E-state index in [1.807, 2.05) is 0 Å². The van der Waals surface area contributed by atoms with Crippen molar-refractivity contribution in [1.82, 2.24) is 14.3 Å². The van der Waals surface area contributed by atoms with E-state index in [-0.39, 0.29) is 22.3 Å². The summed E-state index contributed by atoms with van der Waals surface area (Å²) in [5.74, 6) is 5.41. The first-order chi connectivity index (χ1) is 9.45. The number of halogens is 1. The van der Waals surface area contributed by atoms with Crippen molar-refractivity contribution in [2.75, 3.05) is 12.5 Å². The molecule has 0 bridgehead atoms. The fraction of sp³-hybridized carbons (Fsp3) is 0.200. The van der Waals surface area contributed by atoms with E-state index in [1.165, 1.54) is 35.0 Å². The van der Waals surface area contributed by atoms with Crippen LogP contribution in [0.1, 0.15) is 5.69 Å². The van der Waals surface area contributed by atoms with Gasteiger partial charge in [0.25, 0.3) is 0 Å². The van der Waals surface area contributed by atoms with Gasteiger partial charge in [0.15, 0.2) is 5.82 Å². The summed E-state index contributed by atoms with van der Waals surface area (Å²) in [6.45, 7) is 0.181. The minimum absolute atomic E-state index is 0.000713. The molecule has 0 saturated carbocycles. The lowest BCUT2D eigenvalue weighted by Gasteiger charge is -2.16. The fourth-order valence-corrected chi connectivity index (χ4v) is 3.43. The second-order valence-corrected chi connectivity index (χ2v) is 7.06. The average Bonchev–Trinajstić information content (AvgIpc) is 2.91. The lowest BCUT2D eigenvalue weighted by molar-refractivity contribution is 0.463. The van der Waals surface area contributed by atoms with E-state index in [4.69, 9.17) is 17.4 Å². The van der Waals surface area contributed by atoms with Crippen LogP contribution in [0.5, 0.6) is 0 Å². The van der Waals surface area contributed by atoms with Crippen LogP contribution in [-0.2, 0) is 16.6 Å². The van der Waals surface area contributed by atoms with Gasteiger partial charge in [-0.3, -0.25) is 0 Å². The molecule has 2 rings (SSSR count). The lowest BCUT2D eigenvalue weighted by atomic mass is 10.5. The van der Waals surface area contributed by atoms with Crippen LogP contribution >= 0.6 is 22.9 Å². The molecule has 20 heavy (non-hydrogen) atoms. The van der Waals surface area contributed by atoms with Crippen LogP contribution in [0.3, 0.4) is 0 Å². The highest BCUT2D eigenvalue weighted by Crippen LogP contribution is 2.24. The summed E-state index contributed by atoms with van der Waals surface area (Å²) in [6.07, 6.45) is 1.20. The summed E-state index contributed by atoms with van der Waals surface area (Å²) in [6, 6.07) is 1.30. The molecule has 7 nitrogen and oxygen atoms in total. The largest absolute Gasteiger partial charge is 0.307 e. The first-order valence-electron chi connectivity index (χ1n) is 5.40. The number of nitrogens with one attached hydrogen (secondary N) is 1. The van der Waals surface area contributed by atoms with Gasteiger partial charge in [0.2, 0.25) is 10.0 Å². The van der Waals surface area contributed by atoms with Gasteiger partial charge in [-0.15, -0.1) is 11.3 Å². The predicted molar refractivity (Wildman–Crippen MR) is 77.8 cm³/mol. The third-order valence-corrected chi connectivity index (χ3v) is 5.22. The lowest BCUT2D eigenvalue weighted by Crippen LogP contribution is -2.27. The molecule has 0 fully saturated rings. The highest BCUT2D eigenvalue weighted by Gasteiger charge is 2.23. The smallest absolute Gasteiger partial charge is 0.244 e. The van der Waals surface area contributed by atoms with Gasteiger partial charge in [-0.25, -0.2) is 24.2 Å². The topological polar surface area (TPSA) is 101 Å². The van der Waals surface area contributed by atoms with Crippen molar-refractivity contribution >= 4 is 38.8 Å². The normalized spacial score (nSPS) is 11.8. The molecule has 0 radical (unpaired) electrons. The van der Waals surface area contributed by atoms with Gasteiger partial charge in [0, 0.05) is 18.6 Å². The van der Waals surface area contributed by atoms with Gasteiger partial charge >= 0.3 is 0 Å². The molecule has 3 N–H and O–H groups in total. The summed E-state index contributed by atoms with van der Waals surface area (Å²) in [5, 5.41) is 1.93. The summed E-state index contributed by atoms with van der Waals surface area (Å²) < 4.78 is 25.9. The maximum atomic E-state index is 12.4. The number of pyridine rings is 1. The Morgan fingerprint density at radius 3 is 2.80 bits per heavy atom. The molecule has 10 heteroatoms. The molecule has 0 amide bonds. The Bertz CT molecular complexity index is 690. The van der Waals surface area contributed by atoms with Gasteiger partial charge in [-0.1, -0.05) is 11.6 Å². The average molecular weight is 334 g/mol. The number of nitrogens with two attached hydrogens (primary N) is 1. The Morgan fingerprint density at radius 1 is 1.50 bits per heavy atom. The van der Waals surface area contributed by atoms with Crippen molar-refractivity contribution < 1.29 is 8.42 Å². The van der Waals surface area contributed by atoms with Crippen LogP contribution in [0.2, 0.25) is 5.02 Å². The van der Waals surface area contributed by atoms with Crippen molar-refractivity contribution in [3.05, 3.63) is 33.9 Å². The van der Waals surface area contributed by atoms with Gasteiger partial charge in [0.1, 0.15) is 4.90 Å². The second-order valence-electron chi connectivity index (χ2n) is 3.89. The number of nitrogens with zero attached hydrogens (tertiary/aromatic N) is 3. The number of nitrogen functional groups attached to an aromatic ring is 1. The molecule has 2 heterocycles. The third-order valence-electron chi connectivity index (χ3n) is 2.53. The van der Waals surface area contributed by atoms with Crippen LogP contribution in [0.4, 0.5) is 5.82 Å². The Kier molecular flexibility index (Phi) is 4.55. The molecular weight excluding hydrogens is 322 g/mol. The molecule has 0 unspecified atom stereocenters. The zero-order chi connectivity index (χ0) is 14.8. The molecular formula is C10H12ClN5O2S2. The van der Waals surface area contributed by atoms with E-state index in [2.05, 4.69) is 15.4 Å². The SMILES string of the molecule is CN(Cc1cscn1)S(=O)(=O)c1cnc(NN)c(Cl)c1. The van der Waals surface area contributed by atoms with Crippen LogP contribution in [0, 0.1) is 0 Å². The van der Waals surface area contributed by atoms with E-state index in [0.717, 1.165) is 0 Å². The third kappa shape index (κ3) is 3.07. The van der Waals surface area contributed by atoms with Crippen LogP contribution < -0.4 is 11.3 Å². The van der Waals surface area contributed by atoms with E-state index < -0.39 is 10.0 Å². The van der Waals surface area contributed by atoms with Crippen molar-refractivity contribution in [3.63, 3.8) is 0 Å². The van der Waals surface area contributed by atoms with E-state index >= 15 is 0 Å². The number of hydrogen-bond acceptors (Lipinski definition) is 7. The van der Waals surface area contributed by atoms with Crippen LogP contribution in [0.25, 0.3) is 0 Å². The van der Waals surface area contributed by atoms with Crippen molar-refractivity contribution in [3.8, 4) is 0 Å². The minimum Gasteiger partial charge on any atom is -0.307 e. The number of anilines is 1.